The van der Waals surface area contributed by atoms with Crippen LogP contribution in [-0.4, -0.2) is 46.5 Å². The number of rotatable bonds is 4. The van der Waals surface area contributed by atoms with E-state index in [2.05, 4.69) is 21.8 Å². The van der Waals surface area contributed by atoms with Crippen LogP contribution >= 0.6 is 11.3 Å². The van der Waals surface area contributed by atoms with Crippen molar-refractivity contribution in [2.75, 3.05) is 26.2 Å². The SMILES string of the molecule is O=C(Cn1cnc2ccccc2c1=O)N1CC[NH+](Cc2ccsc2)CC1. The van der Waals surface area contributed by atoms with Gasteiger partial charge in [0.15, 0.2) is 0 Å². The number of para-hydroxylation sites is 1. The molecule has 0 atom stereocenters. The second-order valence-electron chi connectivity index (χ2n) is 6.63. The highest BCUT2D eigenvalue weighted by Gasteiger charge is 2.24. The maximum Gasteiger partial charge on any atom is 0.261 e. The average Bonchev–Trinajstić information content (AvgIpc) is 3.18. The number of aromatic nitrogens is 2. The normalized spacial score (nSPS) is 15.5. The Bertz CT molecular complexity index is 959. The summed E-state index contributed by atoms with van der Waals surface area (Å²) in [5.41, 5.74) is 1.86. The molecule has 26 heavy (non-hydrogen) atoms. The predicted molar refractivity (Wildman–Crippen MR) is 101 cm³/mol. The van der Waals surface area contributed by atoms with E-state index in [9.17, 15) is 9.59 Å². The van der Waals surface area contributed by atoms with E-state index in [0.29, 0.717) is 10.9 Å². The lowest BCUT2D eigenvalue weighted by molar-refractivity contribution is -0.917. The van der Waals surface area contributed by atoms with E-state index < -0.39 is 0 Å². The van der Waals surface area contributed by atoms with E-state index in [4.69, 9.17) is 0 Å². The fraction of sp³-hybridized carbons (Fsp3) is 0.316. The lowest BCUT2D eigenvalue weighted by Gasteiger charge is -2.32. The van der Waals surface area contributed by atoms with Gasteiger partial charge in [-0.2, -0.15) is 11.3 Å². The maximum atomic E-state index is 12.6. The Labute approximate surface area is 155 Å². The number of quaternary nitrogens is 1. The van der Waals surface area contributed by atoms with Gasteiger partial charge in [0.25, 0.3) is 5.56 Å². The van der Waals surface area contributed by atoms with Crippen molar-refractivity contribution in [1.29, 1.82) is 0 Å². The summed E-state index contributed by atoms with van der Waals surface area (Å²) >= 11 is 1.72. The zero-order valence-electron chi connectivity index (χ0n) is 14.4. The molecule has 1 aromatic carbocycles. The molecular weight excluding hydrogens is 348 g/mol. The standard InChI is InChI=1S/C19H20N4O2S/c24-18(12-23-14-20-17-4-2-1-3-16(17)19(23)25)22-8-6-21(7-9-22)11-15-5-10-26-13-15/h1-5,10,13-14H,6-9,11-12H2/p+1. The smallest absolute Gasteiger partial charge is 0.261 e. The predicted octanol–water partition coefficient (Wildman–Crippen LogP) is 0.385. The summed E-state index contributed by atoms with van der Waals surface area (Å²) in [5.74, 6) is -0.0150. The van der Waals surface area contributed by atoms with E-state index in [-0.39, 0.29) is 18.0 Å². The highest BCUT2D eigenvalue weighted by molar-refractivity contribution is 7.07. The van der Waals surface area contributed by atoms with Crippen LogP contribution < -0.4 is 10.5 Å². The number of amides is 1. The summed E-state index contributed by atoms with van der Waals surface area (Å²) in [4.78, 5) is 32.8. The molecule has 7 heteroatoms. The second-order valence-corrected chi connectivity index (χ2v) is 7.41. The van der Waals surface area contributed by atoms with Crippen LogP contribution in [0.1, 0.15) is 5.56 Å². The van der Waals surface area contributed by atoms with Crippen molar-refractivity contribution in [3.63, 3.8) is 0 Å². The first-order valence-corrected chi connectivity index (χ1v) is 9.71. The van der Waals surface area contributed by atoms with E-state index in [1.165, 1.54) is 21.4 Å². The molecule has 0 saturated carbocycles. The van der Waals surface area contributed by atoms with Crippen LogP contribution in [0.3, 0.4) is 0 Å². The molecule has 0 unspecified atom stereocenters. The quantitative estimate of drug-likeness (QED) is 0.724. The van der Waals surface area contributed by atoms with Crippen molar-refractivity contribution in [1.82, 2.24) is 14.5 Å². The molecule has 6 nitrogen and oxygen atoms in total. The van der Waals surface area contributed by atoms with E-state index in [1.807, 2.05) is 17.0 Å². The van der Waals surface area contributed by atoms with E-state index in [1.54, 1.807) is 23.5 Å². The van der Waals surface area contributed by atoms with Gasteiger partial charge in [-0.25, -0.2) is 4.98 Å². The highest BCUT2D eigenvalue weighted by atomic mass is 32.1. The third-order valence-corrected chi connectivity index (χ3v) is 5.63. The Balaban J connectivity index is 1.38. The lowest BCUT2D eigenvalue weighted by Crippen LogP contribution is -3.13. The molecule has 1 fully saturated rings. The minimum Gasteiger partial charge on any atom is -0.330 e. The Morgan fingerprint density at radius 2 is 2.00 bits per heavy atom. The molecule has 0 aliphatic carbocycles. The number of benzene rings is 1. The van der Waals surface area contributed by atoms with Crippen molar-refractivity contribution in [3.05, 3.63) is 63.3 Å². The molecule has 1 N–H and O–H groups in total. The molecule has 1 aliphatic heterocycles. The van der Waals surface area contributed by atoms with Crippen LogP contribution in [0.25, 0.3) is 10.9 Å². The van der Waals surface area contributed by atoms with Crippen LogP contribution in [0.5, 0.6) is 0 Å². The van der Waals surface area contributed by atoms with Gasteiger partial charge in [-0.05, 0) is 29.0 Å². The number of piperazine rings is 1. The monoisotopic (exact) mass is 369 g/mol. The summed E-state index contributed by atoms with van der Waals surface area (Å²) in [7, 11) is 0. The van der Waals surface area contributed by atoms with Gasteiger partial charge in [0.1, 0.15) is 13.1 Å². The van der Waals surface area contributed by atoms with Gasteiger partial charge in [-0.15, -0.1) is 0 Å². The summed E-state index contributed by atoms with van der Waals surface area (Å²) in [6.07, 6.45) is 1.47. The molecule has 4 rings (SSSR count). The summed E-state index contributed by atoms with van der Waals surface area (Å²) in [6, 6.07) is 9.38. The Kier molecular flexibility index (Phi) is 4.81. The van der Waals surface area contributed by atoms with Gasteiger partial charge in [0, 0.05) is 5.56 Å². The first-order chi connectivity index (χ1) is 12.7. The number of nitrogens with zero attached hydrogens (tertiary/aromatic N) is 3. The third-order valence-electron chi connectivity index (χ3n) is 4.89. The van der Waals surface area contributed by atoms with Gasteiger partial charge < -0.3 is 9.80 Å². The summed E-state index contributed by atoms with van der Waals surface area (Å²) in [6.45, 7) is 4.40. The van der Waals surface area contributed by atoms with E-state index in [0.717, 1.165) is 32.7 Å². The topological polar surface area (TPSA) is 59.6 Å². The average molecular weight is 369 g/mol. The molecule has 1 amide bonds. The minimum atomic E-state index is -0.161. The van der Waals surface area contributed by atoms with Crippen molar-refractivity contribution in [2.45, 2.75) is 13.1 Å². The fourth-order valence-electron chi connectivity index (χ4n) is 3.40. The van der Waals surface area contributed by atoms with Crippen molar-refractivity contribution < 1.29 is 9.69 Å². The number of nitrogens with one attached hydrogen (secondary N) is 1. The number of thiophene rings is 1. The Morgan fingerprint density at radius 1 is 1.19 bits per heavy atom. The molecule has 0 spiro atoms. The van der Waals surface area contributed by atoms with E-state index >= 15 is 0 Å². The minimum absolute atomic E-state index is 0.0150. The lowest BCUT2D eigenvalue weighted by atomic mass is 10.2. The molecule has 3 heterocycles. The van der Waals surface area contributed by atoms with Crippen molar-refractivity contribution in [2.24, 2.45) is 0 Å². The first kappa shape index (κ1) is 16.9. The second kappa shape index (κ2) is 7.39. The number of carbonyl (C=O) groups is 1. The van der Waals surface area contributed by atoms with Crippen molar-refractivity contribution in [3.8, 4) is 0 Å². The fourth-order valence-corrected chi connectivity index (χ4v) is 4.06. The maximum absolute atomic E-state index is 12.6. The van der Waals surface area contributed by atoms with Crippen molar-refractivity contribution >= 4 is 28.1 Å². The molecule has 3 aromatic rings. The number of fused-ring (bicyclic) bond motifs is 1. The zero-order valence-corrected chi connectivity index (χ0v) is 15.2. The number of hydrogen-bond donors (Lipinski definition) is 1. The van der Waals surface area contributed by atoms with Crippen LogP contribution in [0.4, 0.5) is 0 Å². The highest BCUT2D eigenvalue weighted by Crippen LogP contribution is 2.06. The van der Waals surface area contributed by atoms with Gasteiger partial charge in [-0.1, -0.05) is 12.1 Å². The van der Waals surface area contributed by atoms with Gasteiger partial charge in [0.2, 0.25) is 5.91 Å². The molecule has 2 aromatic heterocycles. The van der Waals surface area contributed by atoms with Crippen LogP contribution in [0, 0.1) is 0 Å². The van der Waals surface area contributed by atoms with Crippen LogP contribution in [-0.2, 0) is 17.9 Å². The van der Waals surface area contributed by atoms with Gasteiger partial charge in [-0.3, -0.25) is 14.2 Å². The summed E-state index contributed by atoms with van der Waals surface area (Å²) in [5, 5.41) is 4.83. The Morgan fingerprint density at radius 3 is 2.77 bits per heavy atom. The zero-order chi connectivity index (χ0) is 17.9. The summed E-state index contributed by atoms with van der Waals surface area (Å²) < 4.78 is 1.41. The van der Waals surface area contributed by atoms with Gasteiger partial charge >= 0.3 is 0 Å². The molecule has 0 bridgehead atoms. The molecule has 1 aliphatic rings. The molecule has 0 radical (unpaired) electrons. The number of carbonyl (C=O) groups excluding carboxylic acids is 1. The molecular formula is C19H21N4O2S+. The molecule has 134 valence electrons. The largest absolute Gasteiger partial charge is 0.330 e. The van der Waals surface area contributed by atoms with Gasteiger partial charge in [0.05, 0.1) is 43.4 Å². The van der Waals surface area contributed by atoms with Crippen LogP contribution in [0.2, 0.25) is 0 Å². The Hall–Kier alpha value is -2.51. The third kappa shape index (κ3) is 3.54. The van der Waals surface area contributed by atoms with Crippen LogP contribution in [0.15, 0.2) is 52.2 Å². The number of hydrogen-bond acceptors (Lipinski definition) is 4. The first-order valence-electron chi connectivity index (χ1n) is 8.77. The molecule has 1 saturated heterocycles.